The molecule has 1 amide bonds. The number of sulfonamides is 1. The molecule has 1 saturated carbocycles. The molecule has 0 bridgehead atoms. The first kappa shape index (κ1) is 21.4. The molecule has 7 nitrogen and oxygen atoms in total. The molecule has 1 aromatic carbocycles. The molecular formula is C19H28N2O5S. The monoisotopic (exact) mass is 396 g/mol. The van der Waals surface area contributed by atoms with E-state index in [0.29, 0.717) is 18.9 Å². The number of nitrogens with one attached hydrogen (secondary N) is 2. The topological polar surface area (TPSA) is 102 Å². The summed E-state index contributed by atoms with van der Waals surface area (Å²) in [5.74, 6) is -0.523. The summed E-state index contributed by atoms with van der Waals surface area (Å²) in [4.78, 5) is 24.2. The summed E-state index contributed by atoms with van der Waals surface area (Å²) in [7, 11) is -3.85. The molecule has 1 aromatic rings. The number of benzene rings is 1. The summed E-state index contributed by atoms with van der Waals surface area (Å²) < 4.78 is 32.7. The molecule has 0 aromatic heterocycles. The van der Waals surface area contributed by atoms with E-state index in [1.165, 1.54) is 12.1 Å². The van der Waals surface area contributed by atoms with Gasteiger partial charge in [0.1, 0.15) is 12.6 Å². The number of ether oxygens (including phenoxy) is 1. The van der Waals surface area contributed by atoms with E-state index < -0.39 is 27.9 Å². The Morgan fingerprint density at radius 3 is 2.37 bits per heavy atom. The number of amides is 1. The highest BCUT2D eigenvalue weighted by molar-refractivity contribution is 7.89. The lowest BCUT2D eigenvalue weighted by molar-refractivity contribution is -0.144. The van der Waals surface area contributed by atoms with Crippen molar-refractivity contribution in [1.82, 2.24) is 10.0 Å². The molecule has 1 aliphatic rings. The van der Waals surface area contributed by atoms with Gasteiger partial charge in [0.25, 0.3) is 0 Å². The molecule has 2 rings (SSSR count). The second-order valence-corrected chi connectivity index (χ2v) is 9.17. The Hall–Kier alpha value is -1.93. The van der Waals surface area contributed by atoms with Crippen LogP contribution in [0.4, 0.5) is 0 Å². The highest BCUT2D eigenvalue weighted by Gasteiger charge is 2.27. The van der Waals surface area contributed by atoms with Crippen LogP contribution in [0.2, 0.25) is 0 Å². The largest absolute Gasteiger partial charge is 0.464 e. The maximum Gasteiger partial charge on any atom is 0.325 e. The molecule has 2 N–H and O–H groups in total. The smallest absolute Gasteiger partial charge is 0.325 e. The van der Waals surface area contributed by atoms with Gasteiger partial charge in [0.05, 0.1) is 11.5 Å². The van der Waals surface area contributed by atoms with Gasteiger partial charge in [-0.05, 0) is 50.2 Å². The number of esters is 1. The third kappa shape index (κ3) is 7.30. The van der Waals surface area contributed by atoms with Crippen molar-refractivity contribution >= 4 is 21.9 Å². The molecule has 0 spiro atoms. The van der Waals surface area contributed by atoms with Gasteiger partial charge in [0.2, 0.25) is 15.9 Å². The third-order valence-corrected chi connectivity index (χ3v) is 5.72. The average molecular weight is 397 g/mol. The molecule has 27 heavy (non-hydrogen) atoms. The molecular weight excluding hydrogens is 368 g/mol. The van der Waals surface area contributed by atoms with E-state index in [1.807, 2.05) is 20.8 Å². The minimum atomic E-state index is -3.85. The minimum absolute atomic E-state index is 0.0864. The molecule has 0 saturated heterocycles. The molecule has 1 fully saturated rings. The van der Waals surface area contributed by atoms with Crippen molar-refractivity contribution in [3.8, 4) is 0 Å². The lowest BCUT2D eigenvalue weighted by Crippen LogP contribution is -2.48. The van der Waals surface area contributed by atoms with Crippen LogP contribution in [-0.2, 0) is 24.3 Å². The van der Waals surface area contributed by atoms with Crippen LogP contribution in [0.5, 0.6) is 0 Å². The Morgan fingerprint density at radius 2 is 1.81 bits per heavy atom. The Labute approximate surface area is 160 Å². The number of hydrogen-bond acceptors (Lipinski definition) is 5. The van der Waals surface area contributed by atoms with E-state index in [-0.39, 0.29) is 17.4 Å². The molecule has 1 aliphatic carbocycles. The predicted octanol–water partition coefficient (Wildman–Crippen LogP) is 1.76. The van der Waals surface area contributed by atoms with Crippen molar-refractivity contribution in [1.29, 1.82) is 0 Å². The van der Waals surface area contributed by atoms with E-state index >= 15 is 0 Å². The number of carbonyl (C=O) groups is 2. The summed E-state index contributed by atoms with van der Waals surface area (Å²) in [5, 5.41) is 2.47. The van der Waals surface area contributed by atoms with Gasteiger partial charge in [-0.25, -0.2) is 8.42 Å². The van der Waals surface area contributed by atoms with Gasteiger partial charge < -0.3 is 10.1 Å². The minimum Gasteiger partial charge on any atom is -0.464 e. The lowest BCUT2D eigenvalue weighted by atomic mass is 10.0. The van der Waals surface area contributed by atoms with Crippen LogP contribution in [0.25, 0.3) is 0 Å². The molecule has 8 heteroatoms. The summed E-state index contributed by atoms with van der Waals surface area (Å²) in [6, 6.07) is 5.42. The van der Waals surface area contributed by atoms with Gasteiger partial charge in [0, 0.05) is 0 Å². The van der Waals surface area contributed by atoms with Crippen LogP contribution in [0.3, 0.4) is 0 Å². The number of rotatable bonds is 10. The van der Waals surface area contributed by atoms with Crippen LogP contribution in [0.1, 0.15) is 38.7 Å². The average Bonchev–Trinajstić information content (AvgIpc) is 3.41. The Kier molecular flexibility index (Phi) is 7.38. The van der Waals surface area contributed by atoms with E-state index in [9.17, 15) is 18.0 Å². The molecule has 0 heterocycles. The quantitative estimate of drug-likeness (QED) is 0.587. The van der Waals surface area contributed by atoms with Gasteiger partial charge in [0.15, 0.2) is 0 Å². The Bertz CT molecular complexity index is 755. The van der Waals surface area contributed by atoms with Gasteiger partial charge in [-0.15, -0.1) is 0 Å². The maximum absolute atomic E-state index is 12.6. The van der Waals surface area contributed by atoms with Crippen LogP contribution in [0, 0.1) is 18.8 Å². The summed E-state index contributed by atoms with van der Waals surface area (Å²) in [6.07, 6.45) is 2.45. The molecule has 1 atom stereocenters. The summed E-state index contributed by atoms with van der Waals surface area (Å²) in [6.45, 7) is 5.76. The molecule has 0 aliphatic heterocycles. The zero-order chi connectivity index (χ0) is 20.0. The van der Waals surface area contributed by atoms with Gasteiger partial charge in [-0.2, -0.15) is 4.72 Å². The fraction of sp³-hybridized carbons (Fsp3) is 0.579. The highest BCUT2D eigenvalue weighted by atomic mass is 32.2. The zero-order valence-corrected chi connectivity index (χ0v) is 16.8. The normalized spacial score (nSPS) is 15.4. The summed E-state index contributed by atoms with van der Waals surface area (Å²) >= 11 is 0. The van der Waals surface area contributed by atoms with E-state index in [2.05, 4.69) is 10.0 Å². The molecule has 150 valence electrons. The van der Waals surface area contributed by atoms with Crippen molar-refractivity contribution < 1.29 is 22.7 Å². The first-order valence-corrected chi connectivity index (χ1v) is 10.7. The lowest BCUT2D eigenvalue weighted by Gasteiger charge is -2.20. The molecule has 0 radical (unpaired) electrons. The number of carbonyl (C=O) groups excluding carboxylic acids is 2. The van der Waals surface area contributed by atoms with Crippen molar-refractivity contribution in [3.05, 3.63) is 29.8 Å². The van der Waals surface area contributed by atoms with Crippen LogP contribution in [0.15, 0.2) is 29.2 Å². The zero-order valence-electron chi connectivity index (χ0n) is 16.0. The van der Waals surface area contributed by atoms with Gasteiger partial charge in [-0.1, -0.05) is 31.5 Å². The fourth-order valence-corrected chi connectivity index (χ4v) is 3.69. The fourth-order valence-electron chi connectivity index (χ4n) is 2.48. The van der Waals surface area contributed by atoms with Gasteiger partial charge >= 0.3 is 5.97 Å². The van der Waals surface area contributed by atoms with Crippen LogP contribution in [-0.4, -0.2) is 39.5 Å². The van der Waals surface area contributed by atoms with E-state index in [4.69, 9.17) is 4.74 Å². The first-order valence-electron chi connectivity index (χ1n) is 9.19. The van der Waals surface area contributed by atoms with Gasteiger partial charge in [-0.3, -0.25) is 9.59 Å². The Morgan fingerprint density at radius 1 is 1.19 bits per heavy atom. The van der Waals surface area contributed by atoms with Crippen molar-refractivity contribution in [2.24, 2.45) is 11.8 Å². The van der Waals surface area contributed by atoms with Crippen LogP contribution >= 0.6 is 0 Å². The third-order valence-electron chi connectivity index (χ3n) is 4.24. The first-order chi connectivity index (χ1) is 12.7. The SMILES string of the molecule is Cc1ccc(S(=O)(=O)N[C@@H](CC(C)C)C(=O)NCC(=O)OCC2CC2)cc1. The van der Waals surface area contributed by atoms with E-state index in [1.54, 1.807) is 12.1 Å². The standard InChI is InChI=1S/C19H28N2O5S/c1-13(2)10-17(19(23)20-11-18(22)26-12-15-6-7-15)21-27(24,25)16-8-4-14(3)5-9-16/h4-5,8-9,13,15,17,21H,6-7,10-12H2,1-3H3,(H,20,23)/t17-/m0/s1. The van der Waals surface area contributed by atoms with Crippen molar-refractivity contribution in [2.75, 3.05) is 13.2 Å². The predicted molar refractivity (Wildman–Crippen MR) is 101 cm³/mol. The van der Waals surface area contributed by atoms with Crippen molar-refractivity contribution in [2.45, 2.75) is 51.0 Å². The van der Waals surface area contributed by atoms with E-state index in [0.717, 1.165) is 18.4 Å². The second-order valence-electron chi connectivity index (χ2n) is 7.46. The second kappa shape index (κ2) is 9.32. The number of aryl methyl sites for hydroxylation is 1. The summed E-state index contributed by atoms with van der Waals surface area (Å²) in [5.41, 5.74) is 0.940. The Balaban J connectivity index is 1.96. The van der Waals surface area contributed by atoms with Crippen molar-refractivity contribution in [3.63, 3.8) is 0 Å². The maximum atomic E-state index is 12.6. The molecule has 0 unspecified atom stereocenters. The van der Waals surface area contributed by atoms with Crippen LogP contribution < -0.4 is 10.0 Å². The number of hydrogen-bond donors (Lipinski definition) is 2. The highest BCUT2D eigenvalue weighted by Crippen LogP contribution is 2.28.